The van der Waals surface area contributed by atoms with Crippen molar-refractivity contribution in [2.45, 2.75) is 255 Å². The lowest BCUT2D eigenvalue weighted by Gasteiger charge is -2.66. The van der Waals surface area contributed by atoms with Crippen LogP contribution in [0.5, 0.6) is 0 Å². The molecule has 8 aliphatic rings. The van der Waals surface area contributed by atoms with Crippen molar-refractivity contribution in [3.05, 3.63) is 11.6 Å². The standard InChI is InChI=1S/C54H92O20/c1-26(30-15-16-54(8)37-12-10-31-32(52(37,6)17-18-53(30,54)7)11-14-38(50(31,2)3)72-47-40(61)33(58)19-27(22-55)68-47)9-13-39(51(4,5)66)73-49-45(74-48-41(62)34(59)20-28(23-56)69-48)35(60)21-29(70-49)25-67-46-44(65)43(64)42(63)36(24-57)71-46/h10,26-30,32-49,55-66H,9,11-25H2,1-8H3/t26-,27?,28+,29+,30?,32?,33+,34+,35+,36-,37?,38+,39-,40-,41-,42-,43+,44-,45?,46+,47+,48+,49+,52+,53-,54+/m1/s1. The summed E-state index contributed by atoms with van der Waals surface area (Å²) in [6, 6.07) is 0. The lowest BCUT2D eigenvalue weighted by atomic mass is 9.39. The zero-order chi connectivity index (χ0) is 54.0. The quantitative estimate of drug-likeness (QED) is 0.0900. The first-order valence-corrected chi connectivity index (χ1v) is 27.6. The average Bonchev–Trinajstić information content (AvgIpc) is 3.63. The molecule has 12 N–H and O–H groups in total. The predicted octanol–water partition coefficient (Wildman–Crippen LogP) is 0.885. The van der Waals surface area contributed by atoms with Gasteiger partial charge in [0.15, 0.2) is 25.2 Å². The topological polar surface area (TPSA) is 317 Å². The van der Waals surface area contributed by atoms with Crippen LogP contribution in [0.25, 0.3) is 0 Å². The third-order valence-corrected chi connectivity index (χ3v) is 20.3. The molecule has 4 aliphatic carbocycles. The summed E-state index contributed by atoms with van der Waals surface area (Å²) < 4.78 is 48.9. The fraction of sp³-hybridized carbons (Fsp3) is 0.963. The normalized spacial score (nSPS) is 49.5. The van der Waals surface area contributed by atoms with Gasteiger partial charge in [-0.2, -0.15) is 0 Å². The van der Waals surface area contributed by atoms with Crippen molar-refractivity contribution in [1.82, 2.24) is 0 Å². The minimum Gasteiger partial charge on any atom is -0.394 e. The number of allylic oxidation sites excluding steroid dienone is 1. The summed E-state index contributed by atoms with van der Waals surface area (Å²) >= 11 is 0. The third-order valence-electron chi connectivity index (χ3n) is 20.3. The van der Waals surface area contributed by atoms with Crippen LogP contribution in [0.15, 0.2) is 11.6 Å². The van der Waals surface area contributed by atoms with E-state index < -0.39 is 129 Å². The lowest BCUT2D eigenvalue weighted by Crippen LogP contribution is -2.60. The summed E-state index contributed by atoms with van der Waals surface area (Å²) in [5.74, 6) is 1.38. The molecule has 0 radical (unpaired) electrons. The fourth-order valence-electron chi connectivity index (χ4n) is 15.5. The molecule has 4 heterocycles. The average molecular weight is 1060 g/mol. The summed E-state index contributed by atoms with van der Waals surface area (Å²) in [7, 11) is 0. The van der Waals surface area contributed by atoms with Crippen molar-refractivity contribution < 1.29 is 99.2 Å². The highest BCUT2D eigenvalue weighted by Gasteiger charge is 2.67. The second-order valence-corrected chi connectivity index (χ2v) is 25.5. The molecule has 4 aliphatic heterocycles. The van der Waals surface area contributed by atoms with Crippen molar-refractivity contribution in [3.63, 3.8) is 0 Å². The molecule has 3 saturated carbocycles. The smallest absolute Gasteiger partial charge is 0.187 e. The molecular formula is C54H92O20. The summed E-state index contributed by atoms with van der Waals surface area (Å²) in [5.41, 5.74) is -0.283. The van der Waals surface area contributed by atoms with E-state index in [1.807, 2.05) is 0 Å². The Bertz CT molecular complexity index is 1880. The van der Waals surface area contributed by atoms with Gasteiger partial charge in [-0.3, -0.25) is 0 Å². The Balaban J connectivity index is 0.958. The van der Waals surface area contributed by atoms with Crippen molar-refractivity contribution in [2.24, 2.45) is 45.3 Å². The van der Waals surface area contributed by atoms with Gasteiger partial charge in [0.1, 0.15) is 42.7 Å². The minimum atomic E-state index is -1.68. The van der Waals surface area contributed by atoms with Crippen LogP contribution in [-0.4, -0.2) is 210 Å². The van der Waals surface area contributed by atoms with Gasteiger partial charge < -0.3 is 99.2 Å². The predicted molar refractivity (Wildman–Crippen MR) is 262 cm³/mol. The van der Waals surface area contributed by atoms with Crippen molar-refractivity contribution in [3.8, 4) is 0 Å². The van der Waals surface area contributed by atoms with E-state index >= 15 is 0 Å². The SMILES string of the molecule is C[C@H](CC[C@@H](O[C@@H]1O[C@H](CO[C@H]2O[C@H](CO)[C@@H](O)[C@H](O)[C@H]2O)C[C@H](O)C1O[C@@H]1O[C@H](CO)C[C@H](O)[C@H]1O)C(C)(C)O)C1CC[C@@]2(C)C3CC=C4C(CC[C@H](O[C@@H]5OC(CO)C[C@H](O)[C@H]5O)C4(C)C)[C@]3(C)CC[C@]12C. The maximum Gasteiger partial charge on any atom is 0.187 e. The molecule has 26 atom stereocenters. The molecule has 0 bridgehead atoms. The van der Waals surface area contributed by atoms with E-state index in [9.17, 15) is 61.3 Å². The Morgan fingerprint density at radius 2 is 1.24 bits per heavy atom. The zero-order valence-corrected chi connectivity index (χ0v) is 44.8. The highest BCUT2D eigenvalue weighted by molar-refractivity contribution is 5.30. The molecule has 428 valence electrons. The maximum atomic E-state index is 11.8. The monoisotopic (exact) mass is 1060 g/mol. The van der Waals surface area contributed by atoms with Gasteiger partial charge in [-0.1, -0.05) is 53.2 Å². The number of hydrogen-bond donors (Lipinski definition) is 12. The largest absolute Gasteiger partial charge is 0.394 e. The number of hydrogen-bond acceptors (Lipinski definition) is 20. The highest BCUT2D eigenvalue weighted by Crippen LogP contribution is 2.75. The molecule has 8 rings (SSSR count). The molecule has 20 nitrogen and oxygen atoms in total. The van der Waals surface area contributed by atoms with Gasteiger partial charge in [0.25, 0.3) is 0 Å². The number of ether oxygens (including phenoxy) is 8. The van der Waals surface area contributed by atoms with E-state index in [1.165, 1.54) is 5.57 Å². The van der Waals surface area contributed by atoms with Crippen LogP contribution in [0.2, 0.25) is 0 Å². The van der Waals surface area contributed by atoms with E-state index in [1.54, 1.807) is 13.8 Å². The molecule has 20 heteroatoms. The molecular weight excluding hydrogens is 969 g/mol. The first-order chi connectivity index (χ1) is 34.7. The van der Waals surface area contributed by atoms with Crippen LogP contribution in [-0.2, 0) is 37.9 Å². The first kappa shape index (κ1) is 59.1. The molecule has 0 aromatic rings. The molecule has 0 spiro atoms. The van der Waals surface area contributed by atoms with E-state index in [0.29, 0.717) is 30.6 Å². The Labute approximate surface area is 436 Å². The number of fused-ring (bicyclic) bond motifs is 5. The van der Waals surface area contributed by atoms with Crippen LogP contribution in [0.1, 0.15) is 132 Å². The van der Waals surface area contributed by atoms with Gasteiger partial charge in [-0.25, -0.2) is 0 Å². The van der Waals surface area contributed by atoms with E-state index in [-0.39, 0.29) is 66.2 Å². The van der Waals surface area contributed by atoms with Crippen LogP contribution >= 0.6 is 0 Å². The molecule has 0 amide bonds. The van der Waals surface area contributed by atoms with Gasteiger partial charge in [-0.05, 0) is 112 Å². The van der Waals surface area contributed by atoms with E-state index in [4.69, 9.17) is 37.9 Å². The Morgan fingerprint density at radius 3 is 1.85 bits per heavy atom. The second kappa shape index (κ2) is 22.8. The van der Waals surface area contributed by atoms with Gasteiger partial charge in [0.05, 0.1) is 80.9 Å². The van der Waals surface area contributed by atoms with E-state index in [2.05, 4.69) is 47.6 Å². The van der Waals surface area contributed by atoms with Crippen molar-refractivity contribution in [1.29, 1.82) is 0 Å². The highest BCUT2D eigenvalue weighted by atomic mass is 16.8. The second-order valence-electron chi connectivity index (χ2n) is 25.5. The van der Waals surface area contributed by atoms with Gasteiger partial charge in [-0.15, -0.1) is 0 Å². The third kappa shape index (κ3) is 11.1. The Morgan fingerprint density at radius 1 is 0.635 bits per heavy atom. The Kier molecular flexibility index (Phi) is 18.2. The van der Waals surface area contributed by atoms with Crippen LogP contribution < -0.4 is 0 Å². The number of aliphatic hydroxyl groups excluding tert-OH is 11. The van der Waals surface area contributed by atoms with Gasteiger partial charge in [0, 0.05) is 24.7 Å². The van der Waals surface area contributed by atoms with Crippen LogP contribution in [0, 0.1) is 45.3 Å². The number of aliphatic hydroxyl groups is 12. The van der Waals surface area contributed by atoms with Crippen molar-refractivity contribution >= 4 is 0 Å². The van der Waals surface area contributed by atoms with E-state index in [0.717, 1.165) is 44.9 Å². The molecule has 4 saturated heterocycles. The zero-order valence-electron chi connectivity index (χ0n) is 44.8. The molecule has 0 aromatic heterocycles. The Hall–Kier alpha value is -1.06. The molecule has 0 aromatic carbocycles. The molecule has 7 fully saturated rings. The van der Waals surface area contributed by atoms with Crippen LogP contribution in [0.3, 0.4) is 0 Å². The summed E-state index contributed by atoms with van der Waals surface area (Å²) in [4.78, 5) is 0. The summed E-state index contributed by atoms with van der Waals surface area (Å²) in [6.45, 7) is 15.9. The fourth-order valence-corrected chi connectivity index (χ4v) is 15.5. The maximum absolute atomic E-state index is 11.8. The summed E-state index contributed by atoms with van der Waals surface area (Å²) in [6.07, 6.45) is -12.4. The minimum absolute atomic E-state index is 0.0168. The number of rotatable bonds is 17. The van der Waals surface area contributed by atoms with Gasteiger partial charge >= 0.3 is 0 Å². The van der Waals surface area contributed by atoms with Crippen LogP contribution in [0.4, 0.5) is 0 Å². The molecule has 5 unspecified atom stereocenters. The van der Waals surface area contributed by atoms with Gasteiger partial charge in [0.2, 0.25) is 0 Å². The summed E-state index contributed by atoms with van der Waals surface area (Å²) in [5, 5.41) is 127. The molecule has 74 heavy (non-hydrogen) atoms. The first-order valence-electron chi connectivity index (χ1n) is 27.6. The lowest BCUT2D eigenvalue weighted by molar-refractivity contribution is -0.361. The van der Waals surface area contributed by atoms with Crippen molar-refractivity contribution in [2.75, 3.05) is 26.4 Å².